The van der Waals surface area contributed by atoms with Crippen molar-refractivity contribution in [2.75, 3.05) is 26.2 Å². The molecule has 3 rings (SSSR count). The van der Waals surface area contributed by atoms with E-state index in [-0.39, 0.29) is 0 Å². The first kappa shape index (κ1) is 16.1. The van der Waals surface area contributed by atoms with Gasteiger partial charge in [0.25, 0.3) is 0 Å². The van der Waals surface area contributed by atoms with Crippen LogP contribution in [0.15, 0.2) is 12.4 Å². The van der Waals surface area contributed by atoms with Gasteiger partial charge in [-0.3, -0.25) is 9.80 Å². The fourth-order valence-electron chi connectivity index (χ4n) is 2.87. The highest BCUT2D eigenvalue weighted by Crippen LogP contribution is 2.09. The van der Waals surface area contributed by atoms with Crippen molar-refractivity contribution in [2.24, 2.45) is 7.05 Å². The molecule has 3 heterocycles. The van der Waals surface area contributed by atoms with Gasteiger partial charge >= 0.3 is 0 Å². The van der Waals surface area contributed by atoms with Gasteiger partial charge in [0.05, 0.1) is 13.1 Å². The Morgan fingerprint density at radius 1 is 1.04 bits per heavy atom. The van der Waals surface area contributed by atoms with Gasteiger partial charge in [-0.15, -0.1) is 5.10 Å². The van der Waals surface area contributed by atoms with Crippen molar-refractivity contribution >= 4 is 0 Å². The molecule has 23 heavy (non-hydrogen) atoms. The molecule has 0 N–H and O–H groups in total. The van der Waals surface area contributed by atoms with Crippen LogP contribution in [0.4, 0.5) is 0 Å². The molecule has 0 bridgehead atoms. The van der Waals surface area contributed by atoms with Gasteiger partial charge < -0.3 is 4.57 Å². The van der Waals surface area contributed by atoms with Gasteiger partial charge in [0.1, 0.15) is 5.82 Å². The Morgan fingerprint density at radius 2 is 1.74 bits per heavy atom. The van der Waals surface area contributed by atoms with E-state index in [2.05, 4.69) is 48.8 Å². The second-order valence-corrected chi connectivity index (χ2v) is 6.18. The number of hydrogen-bond donors (Lipinski definition) is 0. The first-order chi connectivity index (χ1) is 11.3. The van der Waals surface area contributed by atoms with Crippen LogP contribution in [0.5, 0.6) is 0 Å². The normalized spacial score (nSPS) is 17.0. The van der Waals surface area contributed by atoms with Crippen molar-refractivity contribution in [2.45, 2.75) is 39.4 Å². The van der Waals surface area contributed by atoms with E-state index in [0.717, 1.165) is 70.3 Å². The summed E-state index contributed by atoms with van der Waals surface area (Å²) in [5, 5.41) is 12.1. The molecule has 8 nitrogen and oxygen atoms in total. The molecule has 0 radical (unpaired) electrons. The van der Waals surface area contributed by atoms with Gasteiger partial charge in [-0.05, 0) is 16.8 Å². The molecule has 0 aliphatic carbocycles. The minimum atomic E-state index is 0.840. The van der Waals surface area contributed by atoms with Gasteiger partial charge in [-0.2, -0.15) is 0 Å². The Hall–Kier alpha value is -1.80. The topological polar surface area (TPSA) is 67.9 Å². The number of tetrazole rings is 1. The van der Waals surface area contributed by atoms with Crippen molar-refractivity contribution < 1.29 is 0 Å². The monoisotopic (exact) mass is 318 g/mol. The molecule has 2 aromatic rings. The number of nitrogens with zero attached hydrogens (tertiary/aromatic N) is 8. The van der Waals surface area contributed by atoms with Gasteiger partial charge in [0.15, 0.2) is 5.82 Å². The maximum absolute atomic E-state index is 4.41. The van der Waals surface area contributed by atoms with Gasteiger partial charge in [-0.25, -0.2) is 9.67 Å². The molecule has 1 fully saturated rings. The first-order valence-electron chi connectivity index (χ1n) is 8.42. The molecular weight excluding hydrogens is 292 g/mol. The molecule has 1 aliphatic rings. The summed E-state index contributed by atoms with van der Waals surface area (Å²) >= 11 is 0. The molecule has 0 aromatic carbocycles. The molecule has 2 aromatic heterocycles. The SMILES string of the molecule is CCCCn1nnnc1CN1CCN(Cc2nccn2C)CC1. The third-order valence-corrected chi connectivity index (χ3v) is 4.45. The van der Waals surface area contributed by atoms with Gasteiger partial charge in [0, 0.05) is 52.2 Å². The lowest BCUT2D eigenvalue weighted by atomic mass is 10.3. The number of aromatic nitrogens is 6. The average molecular weight is 318 g/mol. The van der Waals surface area contributed by atoms with Crippen LogP contribution >= 0.6 is 0 Å². The second kappa shape index (κ2) is 7.65. The Morgan fingerprint density at radius 3 is 2.35 bits per heavy atom. The average Bonchev–Trinajstić information content (AvgIpc) is 3.17. The summed E-state index contributed by atoms with van der Waals surface area (Å²) in [7, 11) is 2.05. The quantitative estimate of drug-likeness (QED) is 0.741. The van der Waals surface area contributed by atoms with Crippen molar-refractivity contribution in [3.8, 4) is 0 Å². The minimum Gasteiger partial charge on any atom is -0.337 e. The van der Waals surface area contributed by atoms with Crippen LogP contribution in [-0.4, -0.2) is 65.7 Å². The van der Waals surface area contributed by atoms with E-state index in [1.165, 1.54) is 0 Å². The third kappa shape index (κ3) is 4.14. The zero-order valence-electron chi connectivity index (χ0n) is 14.1. The van der Waals surface area contributed by atoms with Crippen LogP contribution in [-0.2, 0) is 26.7 Å². The molecule has 8 heteroatoms. The lowest BCUT2D eigenvalue weighted by Crippen LogP contribution is -2.46. The van der Waals surface area contributed by atoms with E-state index in [1.54, 1.807) is 0 Å². The van der Waals surface area contributed by atoms with Crippen LogP contribution in [0.3, 0.4) is 0 Å². The Kier molecular flexibility index (Phi) is 5.35. The fourth-order valence-corrected chi connectivity index (χ4v) is 2.87. The maximum atomic E-state index is 4.41. The van der Waals surface area contributed by atoms with E-state index in [9.17, 15) is 0 Å². The summed E-state index contributed by atoms with van der Waals surface area (Å²) in [5.41, 5.74) is 0. The van der Waals surface area contributed by atoms with Crippen molar-refractivity contribution in [1.29, 1.82) is 0 Å². The molecule has 0 saturated carbocycles. The molecule has 1 saturated heterocycles. The number of piperazine rings is 1. The molecule has 0 atom stereocenters. The van der Waals surface area contributed by atoms with E-state index in [1.807, 2.05) is 17.1 Å². The maximum Gasteiger partial charge on any atom is 0.165 e. The molecule has 126 valence electrons. The Labute approximate surface area is 137 Å². The highest BCUT2D eigenvalue weighted by atomic mass is 15.5. The first-order valence-corrected chi connectivity index (χ1v) is 8.42. The zero-order valence-corrected chi connectivity index (χ0v) is 14.1. The van der Waals surface area contributed by atoms with Gasteiger partial charge in [-0.1, -0.05) is 13.3 Å². The summed E-state index contributed by atoms with van der Waals surface area (Å²) in [6, 6.07) is 0. The zero-order chi connectivity index (χ0) is 16.1. The molecule has 0 unspecified atom stereocenters. The number of imidazole rings is 1. The van der Waals surface area contributed by atoms with Crippen LogP contribution in [0.1, 0.15) is 31.4 Å². The van der Waals surface area contributed by atoms with E-state index < -0.39 is 0 Å². The van der Waals surface area contributed by atoms with Crippen molar-refractivity contribution in [1.82, 2.24) is 39.6 Å². The number of hydrogen-bond acceptors (Lipinski definition) is 6. The second-order valence-electron chi connectivity index (χ2n) is 6.18. The standard InChI is InChI=1S/C15H26N8/c1-3-4-6-23-15(17-18-19-23)13-22-10-8-21(9-11-22)12-14-16-5-7-20(14)2/h5,7H,3-4,6,8-13H2,1-2H3. The smallest absolute Gasteiger partial charge is 0.165 e. The predicted octanol–water partition coefficient (Wildman–Crippen LogP) is 0.525. The third-order valence-electron chi connectivity index (χ3n) is 4.45. The van der Waals surface area contributed by atoms with Crippen LogP contribution in [0, 0.1) is 0 Å². The lowest BCUT2D eigenvalue weighted by Gasteiger charge is -2.34. The van der Waals surface area contributed by atoms with E-state index >= 15 is 0 Å². The highest BCUT2D eigenvalue weighted by Gasteiger charge is 2.20. The van der Waals surface area contributed by atoms with Crippen LogP contribution < -0.4 is 0 Å². The summed E-state index contributed by atoms with van der Waals surface area (Å²) in [6.45, 7) is 9.07. The van der Waals surface area contributed by atoms with Gasteiger partial charge in [0.2, 0.25) is 0 Å². The minimum absolute atomic E-state index is 0.840. The number of unbranched alkanes of at least 4 members (excludes halogenated alkanes) is 1. The number of rotatable bonds is 7. The predicted molar refractivity (Wildman–Crippen MR) is 86.5 cm³/mol. The number of aryl methyl sites for hydroxylation is 2. The highest BCUT2D eigenvalue weighted by molar-refractivity contribution is 4.92. The van der Waals surface area contributed by atoms with Crippen LogP contribution in [0.2, 0.25) is 0 Å². The van der Waals surface area contributed by atoms with Crippen LogP contribution in [0.25, 0.3) is 0 Å². The largest absolute Gasteiger partial charge is 0.337 e. The molecule has 0 spiro atoms. The van der Waals surface area contributed by atoms with Crippen molar-refractivity contribution in [3.63, 3.8) is 0 Å². The molecule has 1 aliphatic heterocycles. The molecular formula is C15H26N8. The van der Waals surface area contributed by atoms with E-state index in [0.29, 0.717) is 0 Å². The lowest BCUT2D eigenvalue weighted by molar-refractivity contribution is 0.115. The fraction of sp³-hybridized carbons (Fsp3) is 0.733. The summed E-state index contributed by atoms with van der Waals surface area (Å²) in [5.74, 6) is 2.11. The van der Waals surface area contributed by atoms with Crippen molar-refractivity contribution in [3.05, 3.63) is 24.0 Å². The summed E-state index contributed by atoms with van der Waals surface area (Å²) < 4.78 is 4.04. The Balaban J connectivity index is 1.48. The Bertz CT molecular complexity index is 596. The molecule has 0 amide bonds. The van der Waals surface area contributed by atoms with E-state index in [4.69, 9.17) is 0 Å². The summed E-state index contributed by atoms with van der Waals surface area (Å²) in [6.07, 6.45) is 6.14. The summed E-state index contributed by atoms with van der Waals surface area (Å²) in [4.78, 5) is 9.30.